The van der Waals surface area contributed by atoms with Crippen LogP contribution in [0.4, 0.5) is 0 Å². The van der Waals surface area contributed by atoms with Crippen LogP contribution in [-0.4, -0.2) is 36.9 Å². The van der Waals surface area contributed by atoms with Crippen LogP contribution in [0.1, 0.15) is 63.9 Å². The van der Waals surface area contributed by atoms with Gasteiger partial charge in [0.15, 0.2) is 11.1 Å². The quantitative estimate of drug-likeness (QED) is 0.572. The van der Waals surface area contributed by atoms with Crippen LogP contribution in [0.5, 0.6) is 0 Å². The summed E-state index contributed by atoms with van der Waals surface area (Å²) in [6.07, 6.45) is 10.7. The predicted molar refractivity (Wildman–Crippen MR) is 93.0 cm³/mol. The second-order valence-corrected chi connectivity index (χ2v) is 7.80. The lowest BCUT2D eigenvalue weighted by Crippen LogP contribution is -2.36. The van der Waals surface area contributed by atoms with Gasteiger partial charge in [-0.25, -0.2) is 4.21 Å². The summed E-state index contributed by atoms with van der Waals surface area (Å²) in [6.45, 7) is 4.21. The number of carbonyl (C=O) groups excluding carboxylic acids is 1. The van der Waals surface area contributed by atoms with Crippen LogP contribution in [0.2, 0.25) is 0 Å². The number of hydrogen-bond donors (Lipinski definition) is 1. The molecule has 1 saturated carbocycles. The zero-order valence-electron chi connectivity index (χ0n) is 14.6. The van der Waals surface area contributed by atoms with Crippen molar-refractivity contribution in [3.63, 3.8) is 0 Å². The lowest BCUT2D eigenvalue weighted by molar-refractivity contribution is -0.153. The van der Waals surface area contributed by atoms with Crippen LogP contribution >= 0.6 is 0 Å². The minimum atomic E-state index is -2.05. The Morgan fingerprint density at radius 2 is 2.17 bits per heavy atom. The van der Waals surface area contributed by atoms with E-state index in [-0.39, 0.29) is 12.4 Å². The second kappa shape index (κ2) is 8.76. The minimum absolute atomic E-state index is 0.122. The molecule has 2 atom stereocenters. The lowest BCUT2D eigenvalue weighted by Gasteiger charge is -2.25. The highest BCUT2D eigenvalue weighted by Crippen LogP contribution is 2.32. The van der Waals surface area contributed by atoms with Gasteiger partial charge in [0.05, 0.1) is 24.0 Å². The fraction of sp³-hybridized carbons (Fsp3) is 0.765. The third kappa shape index (κ3) is 5.14. The van der Waals surface area contributed by atoms with E-state index in [0.717, 1.165) is 0 Å². The molecule has 0 radical (unpaired) electrons. The molecule has 136 valence electrons. The van der Waals surface area contributed by atoms with Gasteiger partial charge < -0.3 is 9.29 Å². The topological polar surface area (TPSA) is 81.4 Å². The number of carbonyl (C=O) groups is 1. The fourth-order valence-corrected chi connectivity index (χ4v) is 4.13. The number of aryl methyl sites for hydroxylation is 1. The first-order chi connectivity index (χ1) is 11.4. The van der Waals surface area contributed by atoms with Crippen molar-refractivity contribution in [2.75, 3.05) is 12.4 Å². The number of rotatable bonds is 8. The summed E-state index contributed by atoms with van der Waals surface area (Å²) < 4.78 is 27.4. The first kappa shape index (κ1) is 19.1. The van der Waals surface area contributed by atoms with Crippen LogP contribution in [-0.2, 0) is 27.2 Å². The SMILES string of the molecule is CCOC(=O)C(C)(CCn1cc(C2CCCCC2)cn1)CS(=O)O. The molecule has 0 spiro atoms. The Kier molecular flexibility index (Phi) is 6.98. The van der Waals surface area contributed by atoms with Gasteiger partial charge in [-0.15, -0.1) is 0 Å². The molecule has 1 aromatic rings. The number of esters is 1. The highest BCUT2D eigenvalue weighted by Gasteiger charge is 2.36. The van der Waals surface area contributed by atoms with E-state index in [0.29, 0.717) is 18.9 Å². The fourth-order valence-electron chi connectivity index (χ4n) is 3.32. The van der Waals surface area contributed by atoms with Crippen LogP contribution in [0.25, 0.3) is 0 Å². The second-order valence-electron chi connectivity index (χ2n) is 6.87. The first-order valence-corrected chi connectivity index (χ1v) is 9.99. The van der Waals surface area contributed by atoms with Crippen molar-refractivity contribution in [2.45, 2.75) is 64.8 Å². The average Bonchev–Trinajstić information content (AvgIpc) is 3.02. The Bertz CT molecular complexity index is 569. The summed E-state index contributed by atoms with van der Waals surface area (Å²) in [7, 11) is 0. The summed E-state index contributed by atoms with van der Waals surface area (Å²) in [4.78, 5) is 12.2. The molecule has 0 aliphatic heterocycles. The zero-order valence-corrected chi connectivity index (χ0v) is 15.4. The van der Waals surface area contributed by atoms with E-state index in [9.17, 15) is 13.6 Å². The Hall–Kier alpha value is -1.21. The van der Waals surface area contributed by atoms with E-state index in [4.69, 9.17) is 4.74 Å². The van der Waals surface area contributed by atoms with Crippen molar-refractivity contribution in [3.05, 3.63) is 18.0 Å². The summed E-state index contributed by atoms with van der Waals surface area (Å²) in [5.74, 6) is 0.0451. The highest BCUT2D eigenvalue weighted by molar-refractivity contribution is 7.79. The zero-order chi connectivity index (χ0) is 17.6. The monoisotopic (exact) mass is 356 g/mol. The number of hydrogen-bond acceptors (Lipinski definition) is 4. The molecule has 0 saturated heterocycles. The molecule has 24 heavy (non-hydrogen) atoms. The Balaban J connectivity index is 1.99. The van der Waals surface area contributed by atoms with Gasteiger partial charge in [-0.3, -0.25) is 9.48 Å². The number of aromatic nitrogens is 2. The molecule has 0 amide bonds. The van der Waals surface area contributed by atoms with E-state index in [2.05, 4.69) is 11.3 Å². The largest absolute Gasteiger partial charge is 0.466 e. The maximum absolute atomic E-state index is 12.2. The van der Waals surface area contributed by atoms with E-state index in [1.165, 1.54) is 37.7 Å². The van der Waals surface area contributed by atoms with Gasteiger partial charge in [0, 0.05) is 12.7 Å². The van der Waals surface area contributed by atoms with Crippen LogP contribution < -0.4 is 0 Å². The molecule has 1 aromatic heterocycles. The predicted octanol–water partition coefficient (Wildman–Crippen LogP) is 3.11. The van der Waals surface area contributed by atoms with E-state index >= 15 is 0 Å². The Morgan fingerprint density at radius 1 is 1.46 bits per heavy atom. The molecular formula is C17H28N2O4S. The normalized spacial score (nSPS) is 19.6. The van der Waals surface area contributed by atoms with Crippen molar-refractivity contribution in [1.29, 1.82) is 0 Å². The van der Waals surface area contributed by atoms with Crippen LogP contribution in [0.3, 0.4) is 0 Å². The molecular weight excluding hydrogens is 328 g/mol. The average molecular weight is 356 g/mol. The number of ether oxygens (including phenoxy) is 1. The van der Waals surface area contributed by atoms with Crippen molar-refractivity contribution >= 4 is 17.0 Å². The first-order valence-electron chi connectivity index (χ1n) is 8.71. The molecule has 1 heterocycles. The van der Waals surface area contributed by atoms with Gasteiger partial charge in [0.25, 0.3) is 0 Å². The van der Waals surface area contributed by atoms with Crippen molar-refractivity contribution in [2.24, 2.45) is 5.41 Å². The molecule has 1 fully saturated rings. The van der Waals surface area contributed by atoms with Crippen LogP contribution in [0.15, 0.2) is 12.4 Å². The van der Waals surface area contributed by atoms with Crippen LogP contribution in [0, 0.1) is 5.41 Å². The third-order valence-corrected chi connectivity index (χ3v) is 5.72. The molecule has 1 aliphatic rings. The summed E-state index contributed by atoms with van der Waals surface area (Å²) in [6, 6.07) is 0. The van der Waals surface area contributed by atoms with E-state index in [1.807, 2.05) is 10.9 Å². The maximum atomic E-state index is 12.2. The lowest BCUT2D eigenvalue weighted by atomic mass is 9.85. The Morgan fingerprint density at radius 3 is 2.79 bits per heavy atom. The molecule has 1 N–H and O–H groups in total. The van der Waals surface area contributed by atoms with Crippen molar-refractivity contribution in [1.82, 2.24) is 9.78 Å². The van der Waals surface area contributed by atoms with Gasteiger partial charge >= 0.3 is 5.97 Å². The molecule has 0 bridgehead atoms. The van der Waals surface area contributed by atoms with Gasteiger partial charge in [-0.1, -0.05) is 19.3 Å². The standard InChI is InChI=1S/C17H28N2O4S/c1-3-23-16(20)17(2,13-24(21)22)9-10-19-12-15(11-18-19)14-7-5-4-6-8-14/h11-12,14H,3-10,13H2,1-2H3,(H,21,22). The van der Waals surface area contributed by atoms with Gasteiger partial charge in [0.2, 0.25) is 0 Å². The third-order valence-electron chi connectivity index (χ3n) is 4.83. The number of nitrogens with zero attached hydrogens (tertiary/aromatic N) is 2. The molecule has 2 rings (SSSR count). The smallest absolute Gasteiger partial charge is 0.312 e. The summed E-state index contributed by atoms with van der Waals surface area (Å²) in [5.41, 5.74) is 0.283. The molecule has 6 nitrogen and oxygen atoms in total. The van der Waals surface area contributed by atoms with Gasteiger partial charge in [-0.2, -0.15) is 5.10 Å². The van der Waals surface area contributed by atoms with Crippen molar-refractivity contribution in [3.8, 4) is 0 Å². The molecule has 1 aliphatic carbocycles. The maximum Gasteiger partial charge on any atom is 0.312 e. The summed E-state index contributed by atoms with van der Waals surface area (Å²) >= 11 is -2.05. The van der Waals surface area contributed by atoms with E-state index < -0.39 is 22.5 Å². The van der Waals surface area contributed by atoms with Gasteiger partial charge in [-0.05, 0) is 44.6 Å². The molecule has 2 unspecified atom stereocenters. The van der Waals surface area contributed by atoms with E-state index in [1.54, 1.807) is 13.8 Å². The van der Waals surface area contributed by atoms with Crippen molar-refractivity contribution < 1.29 is 18.3 Å². The highest BCUT2D eigenvalue weighted by atomic mass is 32.2. The molecule has 0 aromatic carbocycles. The minimum Gasteiger partial charge on any atom is -0.466 e. The molecule has 7 heteroatoms. The Labute approximate surface area is 146 Å². The summed E-state index contributed by atoms with van der Waals surface area (Å²) in [5, 5.41) is 4.41. The van der Waals surface area contributed by atoms with Gasteiger partial charge in [0.1, 0.15) is 0 Å².